The van der Waals surface area contributed by atoms with Gasteiger partial charge in [0.05, 0.1) is 18.0 Å². The molecule has 0 saturated heterocycles. The topological polar surface area (TPSA) is 129 Å². The van der Waals surface area contributed by atoms with Gasteiger partial charge in [0.25, 0.3) is 0 Å². The van der Waals surface area contributed by atoms with Crippen LogP contribution in [0.15, 0.2) is 17.7 Å². The van der Waals surface area contributed by atoms with Crippen LogP contribution in [0.25, 0.3) is 6.08 Å². The van der Waals surface area contributed by atoms with Crippen LogP contribution in [0.1, 0.15) is 19.4 Å². The van der Waals surface area contributed by atoms with Crippen molar-refractivity contribution in [3.63, 3.8) is 0 Å². The SMILES string of the molecule is CC[NH+](CC)C(=O)/C(C#N)=C/c1cc(O)c(O)c([N+](=O)[O-])c1. The number of amides is 1. The van der Waals surface area contributed by atoms with Crippen LogP contribution in [-0.2, 0) is 4.79 Å². The van der Waals surface area contributed by atoms with E-state index in [9.17, 15) is 25.1 Å². The zero-order valence-corrected chi connectivity index (χ0v) is 12.2. The second-order valence-corrected chi connectivity index (χ2v) is 4.47. The number of benzene rings is 1. The van der Waals surface area contributed by atoms with Crippen molar-refractivity contribution in [2.75, 3.05) is 13.1 Å². The number of nitrogens with zero attached hydrogens (tertiary/aromatic N) is 2. The highest BCUT2D eigenvalue weighted by Crippen LogP contribution is 2.36. The first-order valence-electron chi connectivity index (χ1n) is 6.57. The van der Waals surface area contributed by atoms with Gasteiger partial charge in [0.1, 0.15) is 6.07 Å². The number of phenols is 2. The highest BCUT2D eigenvalue weighted by atomic mass is 16.6. The van der Waals surface area contributed by atoms with Gasteiger partial charge in [-0.1, -0.05) is 0 Å². The van der Waals surface area contributed by atoms with Gasteiger partial charge in [-0.3, -0.25) is 15.0 Å². The van der Waals surface area contributed by atoms with E-state index in [1.54, 1.807) is 19.9 Å². The summed E-state index contributed by atoms with van der Waals surface area (Å²) in [5.74, 6) is -1.98. The molecule has 8 nitrogen and oxygen atoms in total. The van der Waals surface area contributed by atoms with Gasteiger partial charge in [-0.15, -0.1) is 0 Å². The second-order valence-electron chi connectivity index (χ2n) is 4.47. The fraction of sp³-hybridized carbons (Fsp3) is 0.286. The Hall–Kier alpha value is -2.92. The fourth-order valence-corrected chi connectivity index (χ4v) is 1.92. The maximum atomic E-state index is 12.1. The number of rotatable bonds is 5. The van der Waals surface area contributed by atoms with Gasteiger partial charge in [-0.2, -0.15) is 5.26 Å². The van der Waals surface area contributed by atoms with Crippen LogP contribution in [0.2, 0.25) is 0 Å². The standard InChI is InChI=1S/C14H15N3O5/c1-3-16(4-2)14(20)10(8-15)5-9-6-11(17(21)22)13(19)12(18)7-9/h5-7,18-19H,3-4H2,1-2H3/p+1/b10-5+. The molecule has 0 aliphatic rings. The van der Waals surface area contributed by atoms with E-state index in [1.165, 1.54) is 0 Å². The monoisotopic (exact) mass is 306 g/mol. The molecule has 1 aromatic rings. The van der Waals surface area contributed by atoms with Crippen molar-refractivity contribution in [3.05, 3.63) is 33.4 Å². The third kappa shape index (κ3) is 3.59. The van der Waals surface area contributed by atoms with Gasteiger partial charge in [0, 0.05) is 6.07 Å². The predicted octanol–water partition coefficient (Wildman–Crippen LogP) is 0.364. The Labute approximate surface area is 126 Å². The summed E-state index contributed by atoms with van der Waals surface area (Å²) in [6, 6.07) is 3.79. The number of aromatic hydroxyl groups is 2. The van der Waals surface area contributed by atoms with E-state index in [-0.39, 0.29) is 11.1 Å². The zero-order chi connectivity index (χ0) is 16.9. The highest BCUT2D eigenvalue weighted by molar-refractivity contribution is 5.96. The molecule has 8 heteroatoms. The number of hydrogen-bond donors (Lipinski definition) is 3. The lowest BCUT2D eigenvalue weighted by Gasteiger charge is -2.11. The van der Waals surface area contributed by atoms with Crippen LogP contribution >= 0.6 is 0 Å². The molecular formula is C14H16N3O5+. The summed E-state index contributed by atoms with van der Waals surface area (Å²) in [6.07, 6.45) is 1.15. The average molecular weight is 306 g/mol. The van der Waals surface area contributed by atoms with Crippen molar-refractivity contribution in [1.82, 2.24) is 0 Å². The molecule has 3 N–H and O–H groups in total. The highest BCUT2D eigenvalue weighted by Gasteiger charge is 2.23. The first kappa shape index (κ1) is 17.1. The molecule has 0 aliphatic heterocycles. The minimum Gasteiger partial charge on any atom is -0.504 e. The van der Waals surface area contributed by atoms with Gasteiger partial charge in [-0.05, 0) is 31.6 Å². The van der Waals surface area contributed by atoms with Crippen molar-refractivity contribution >= 4 is 17.7 Å². The van der Waals surface area contributed by atoms with Gasteiger partial charge in [0.2, 0.25) is 5.75 Å². The molecule has 0 radical (unpaired) electrons. The van der Waals surface area contributed by atoms with Crippen molar-refractivity contribution in [1.29, 1.82) is 5.26 Å². The molecule has 1 rings (SSSR count). The Balaban J connectivity index is 3.33. The number of quaternary nitrogens is 1. The molecule has 116 valence electrons. The van der Waals surface area contributed by atoms with E-state index in [1.807, 2.05) is 0 Å². The summed E-state index contributed by atoms with van der Waals surface area (Å²) in [6.45, 7) is 4.58. The minimum atomic E-state index is -0.865. The van der Waals surface area contributed by atoms with Crippen molar-refractivity contribution in [3.8, 4) is 17.6 Å². The Kier molecular flexibility index (Phi) is 5.60. The molecule has 0 aliphatic carbocycles. The number of likely N-dealkylation sites (N-methyl/N-ethyl adjacent to an activating group) is 1. The Bertz CT molecular complexity index is 672. The number of nitro benzene ring substituents is 1. The molecule has 0 unspecified atom stereocenters. The molecule has 0 atom stereocenters. The Morgan fingerprint density at radius 1 is 1.41 bits per heavy atom. The number of hydrogen-bond acceptors (Lipinski definition) is 6. The molecule has 1 aromatic carbocycles. The van der Waals surface area contributed by atoms with Gasteiger partial charge < -0.3 is 10.2 Å². The molecular weight excluding hydrogens is 290 g/mol. The summed E-state index contributed by atoms with van der Waals surface area (Å²) in [4.78, 5) is 22.6. The van der Waals surface area contributed by atoms with E-state index in [0.29, 0.717) is 18.0 Å². The third-order valence-electron chi connectivity index (χ3n) is 3.14. The zero-order valence-electron chi connectivity index (χ0n) is 12.2. The van der Waals surface area contributed by atoms with E-state index >= 15 is 0 Å². The van der Waals surface area contributed by atoms with Crippen LogP contribution in [0.3, 0.4) is 0 Å². The largest absolute Gasteiger partial charge is 0.504 e. The normalized spacial score (nSPS) is 11.3. The lowest BCUT2D eigenvalue weighted by atomic mass is 10.1. The summed E-state index contributed by atoms with van der Waals surface area (Å²) in [5, 5.41) is 38.8. The minimum absolute atomic E-state index is 0.0819. The van der Waals surface area contributed by atoms with E-state index in [0.717, 1.165) is 18.2 Å². The van der Waals surface area contributed by atoms with E-state index in [2.05, 4.69) is 0 Å². The predicted molar refractivity (Wildman–Crippen MR) is 77.1 cm³/mol. The maximum Gasteiger partial charge on any atom is 0.354 e. The second kappa shape index (κ2) is 7.19. The number of phenolic OH excluding ortho intramolecular Hbond substituents is 2. The summed E-state index contributed by atoms with van der Waals surface area (Å²) in [7, 11) is 0. The summed E-state index contributed by atoms with van der Waals surface area (Å²) < 4.78 is 0. The first-order valence-corrected chi connectivity index (χ1v) is 6.57. The molecule has 22 heavy (non-hydrogen) atoms. The van der Waals surface area contributed by atoms with Gasteiger partial charge in [0.15, 0.2) is 11.3 Å². The smallest absolute Gasteiger partial charge is 0.354 e. The van der Waals surface area contributed by atoms with Crippen LogP contribution in [-0.4, -0.2) is 34.1 Å². The molecule has 0 bridgehead atoms. The van der Waals surface area contributed by atoms with Crippen LogP contribution in [0, 0.1) is 21.4 Å². The number of nitriles is 1. The Morgan fingerprint density at radius 2 is 2.00 bits per heavy atom. The lowest BCUT2D eigenvalue weighted by molar-refractivity contribution is -0.813. The van der Waals surface area contributed by atoms with Crippen molar-refractivity contribution in [2.24, 2.45) is 0 Å². The number of carbonyl (C=O) groups is 1. The summed E-state index contributed by atoms with van der Waals surface area (Å²) >= 11 is 0. The molecule has 0 saturated carbocycles. The van der Waals surface area contributed by atoms with Crippen LogP contribution in [0.4, 0.5) is 5.69 Å². The average Bonchev–Trinajstić information content (AvgIpc) is 2.48. The third-order valence-corrected chi connectivity index (χ3v) is 3.14. The molecule has 0 spiro atoms. The van der Waals surface area contributed by atoms with Crippen LogP contribution in [0.5, 0.6) is 11.5 Å². The quantitative estimate of drug-likeness (QED) is 0.237. The van der Waals surface area contributed by atoms with Crippen molar-refractivity contribution in [2.45, 2.75) is 13.8 Å². The maximum absolute atomic E-state index is 12.1. The van der Waals surface area contributed by atoms with Gasteiger partial charge in [-0.25, -0.2) is 4.79 Å². The summed E-state index contributed by atoms with van der Waals surface area (Å²) in [5.41, 5.74) is -0.803. The lowest BCUT2D eigenvalue weighted by Crippen LogP contribution is -3.14. The molecule has 0 aromatic heterocycles. The number of nitro groups is 1. The molecule has 1 amide bonds. The van der Waals surface area contributed by atoms with E-state index in [4.69, 9.17) is 5.26 Å². The first-order chi connectivity index (χ1) is 10.3. The fourth-order valence-electron chi connectivity index (χ4n) is 1.92. The van der Waals surface area contributed by atoms with E-state index < -0.39 is 28.0 Å². The molecule has 0 fully saturated rings. The Morgan fingerprint density at radius 3 is 2.45 bits per heavy atom. The van der Waals surface area contributed by atoms with Crippen LogP contribution < -0.4 is 4.90 Å². The van der Waals surface area contributed by atoms with Crippen molar-refractivity contribution < 1.29 is 24.8 Å². The number of carbonyl (C=O) groups excluding carboxylic acids is 1. The number of nitrogens with one attached hydrogen (secondary N) is 1. The van der Waals surface area contributed by atoms with Gasteiger partial charge >= 0.3 is 11.6 Å². The molecule has 0 heterocycles.